The van der Waals surface area contributed by atoms with Gasteiger partial charge in [-0.25, -0.2) is 0 Å². The Morgan fingerprint density at radius 3 is 2.15 bits per heavy atom. The topological polar surface area (TPSA) is 135 Å². The van der Waals surface area contributed by atoms with E-state index in [0.29, 0.717) is 5.92 Å². The predicted molar refractivity (Wildman–Crippen MR) is 114 cm³/mol. The van der Waals surface area contributed by atoms with Crippen molar-refractivity contribution >= 4 is 30.3 Å². The van der Waals surface area contributed by atoms with E-state index in [0.717, 1.165) is 31.4 Å². The highest BCUT2D eigenvalue weighted by Gasteiger charge is 2.12. The molecule has 0 aliphatic heterocycles. The number of hydrogen-bond donors (Lipinski definition) is 6. The highest BCUT2D eigenvalue weighted by Crippen LogP contribution is 2.17. The van der Waals surface area contributed by atoms with Crippen molar-refractivity contribution < 1.29 is 9.90 Å². The van der Waals surface area contributed by atoms with Crippen LogP contribution in [0.3, 0.4) is 0 Å². The molecule has 0 amide bonds. The van der Waals surface area contributed by atoms with Crippen LogP contribution in [0.4, 0.5) is 0 Å². The third-order valence-corrected chi connectivity index (χ3v) is 3.59. The number of guanidine groups is 2. The van der Waals surface area contributed by atoms with Gasteiger partial charge in [-0.1, -0.05) is 51.5 Å². The first-order valence-electron chi connectivity index (χ1n) is 8.92. The van der Waals surface area contributed by atoms with Crippen molar-refractivity contribution in [1.82, 2.24) is 10.6 Å². The number of hydrogen-bond acceptors (Lipinski definition) is 3. The lowest BCUT2D eigenvalue weighted by Gasteiger charge is -2.09. The maximum atomic E-state index is 10.8. The summed E-state index contributed by atoms with van der Waals surface area (Å²) in [4.78, 5) is 10.8. The first-order valence-corrected chi connectivity index (χ1v) is 8.92. The smallest absolute Gasteiger partial charge is 0.310 e. The average molecular weight is 400 g/mol. The first kappa shape index (κ1) is 26.9. The third kappa shape index (κ3) is 13.6. The van der Waals surface area contributed by atoms with E-state index >= 15 is 0 Å². The van der Waals surface area contributed by atoms with Crippen molar-refractivity contribution in [2.45, 2.75) is 52.9 Å². The number of halogens is 1. The molecule has 0 bridgehead atoms. The molecule has 27 heavy (non-hydrogen) atoms. The predicted octanol–water partition coefficient (Wildman–Crippen LogP) is 3.29. The third-order valence-electron chi connectivity index (χ3n) is 3.59. The first-order chi connectivity index (χ1) is 12.2. The average Bonchev–Trinajstić information content (AvgIpc) is 2.54. The monoisotopic (exact) mass is 399 g/mol. The molecule has 0 spiro atoms. The number of benzene rings is 1. The number of carboxylic acid groups (broad SMARTS) is 1. The minimum absolute atomic E-state index is 0. The Hall–Kier alpha value is -2.28. The van der Waals surface area contributed by atoms with Crippen molar-refractivity contribution in [3.05, 3.63) is 35.4 Å². The van der Waals surface area contributed by atoms with Crippen molar-refractivity contribution in [3.63, 3.8) is 0 Å². The fraction of sp³-hybridized carbons (Fsp3) is 0.526. The lowest BCUT2D eigenvalue weighted by Crippen LogP contribution is -2.43. The van der Waals surface area contributed by atoms with Crippen molar-refractivity contribution in [2.24, 2.45) is 11.7 Å². The van der Waals surface area contributed by atoms with E-state index < -0.39 is 11.9 Å². The molecule has 0 radical (unpaired) electrons. The molecule has 0 heterocycles. The summed E-state index contributed by atoms with van der Waals surface area (Å²) in [5.41, 5.74) is 7.13. The summed E-state index contributed by atoms with van der Waals surface area (Å²) in [5, 5.41) is 27.9. The molecule has 1 atom stereocenters. The molecule has 0 aliphatic rings. The van der Waals surface area contributed by atoms with Gasteiger partial charge >= 0.3 is 5.97 Å². The zero-order valence-corrected chi connectivity index (χ0v) is 17.5. The van der Waals surface area contributed by atoms with Crippen molar-refractivity contribution in [1.29, 1.82) is 10.8 Å². The van der Waals surface area contributed by atoms with Gasteiger partial charge in [-0.2, -0.15) is 0 Å². The van der Waals surface area contributed by atoms with E-state index in [2.05, 4.69) is 31.4 Å². The van der Waals surface area contributed by atoms with Crippen LogP contribution in [0, 0.1) is 16.7 Å². The summed E-state index contributed by atoms with van der Waals surface area (Å²) in [6.07, 6.45) is 3.14. The molecule has 0 aliphatic carbocycles. The highest BCUT2D eigenvalue weighted by molar-refractivity contribution is 5.94. The van der Waals surface area contributed by atoms with Crippen LogP contribution in [0.25, 0.3) is 0 Å². The highest BCUT2D eigenvalue weighted by atomic mass is 35.5. The molecule has 1 aromatic rings. The Morgan fingerprint density at radius 1 is 1.19 bits per heavy atom. The van der Waals surface area contributed by atoms with E-state index in [-0.39, 0.29) is 24.3 Å². The van der Waals surface area contributed by atoms with Gasteiger partial charge in [-0.3, -0.25) is 20.9 Å². The van der Waals surface area contributed by atoms with Gasteiger partial charge in [0.2, 0.25) is 0 Å². The van der Waals surface area contributed by atoms with Crippen LogP contribution < -0.4 is 16.4 Å². The molecule has 1 rings (SSSR count). The van der Waals surface area contributed by atoms with Crippen molar-refractivity contribution in [3.8, 4) is 0 Å². The number of carbonyl (C=O) groups is 1. The van der Waals surface area contributed by atoms with Crippen LogP contribution in [0.5, 0.6) is 0 Å². The molecule has 1 unspecified atom stereocenters. The number of rotatable bonds is 7. The Balaban J connectivity index is 0. The maximum absolute atomic E-state index is 10.8. The summed E-state index contributed by atoms with van der Waals surface area (Å²) in [5.74, 6) is -0.678. The zero-order chi connectivity index (χ0) is 20.1. The van der Waals surface area contributed by atoms with Gasteiger partial charge in [0.25, 0.3) is 0 Å². The molecule has 154 valence electrons. The fourth-order valence-corrected chi connectivity index (χ4v) is 2.13. The molecule has 1 aromatic carbocycles. The van der Waals surface area contributed by atoms with Gasteiger partial charge in [-0.05, 0) is 36.8 Å². The van der Waals surface area contributed by atoms with Crippen molar-refractivity contribution in [2.75, 3.05) is 6.54 Å². The Kier molecular flexibility index (Phi) is 14.8. The van der Waals surface area contributed by atoms with E-state index in [4.69, 9.17) is 21.7 Å². The van der Waals surface area contributed by atoms with E-state index in [9.17, 15) is 4.79 Å². The van der Waals surface area contributed by atoms with E-state index in [1.807, 2.05) is 24.3 Å². The fourth-order valence-electron chi connectivity index (χ4n) is 2.13. The van der Waals surface area contributed by atoms with Crippen LogP contribution in [0.15, 0.2) is 24.3 Å². The summed E-state index contributed by atoms with van der Waals surface area (Å²) in [6, 6.07) is 7.87. The van der Waals surface area contributed by atoms with Gasteiger partial charge in [0.1, 0.15) is 0 Å². The molecule has 0 aromatic heterocycles. The maximum Gasteiger partial charge on any atom is 0.310 e. The van der Waals surface area contributed by atoms with Crippen LogP contribution in [-0.4, -0.2) is 29.5 Å². The molecule has 0 fully saturated rings. The second kappa shape index (κ2) is 14.8. The normalized spacial score (nSPS) is 10.7. The lowest BCUT2D eigenvalue weighted by molar-refractivity contribution is -0.138. The van der Waals surface area contributed by atoms with Gasteiger partial charge < -0.3 is 16.2 Å². The van der Waals surface area contributed by atoms with Crippen LogP contribution >= 0.6 is 12.4 Å². The second-order valence-electron chi connectivity index (χ2n) is 6.59. The quantitative estimate of drug-likeness (QED) is 0.237. The van der Waals surface area contributed by atoms with E-state index in [1.165, 1.54) is 5.56 Å². The summed E-state index contributed by atoms with van der Waals surface area (Å²) in [6.45, 7) is 8.88. The molecule has 7 nitrogen and oxygen atoms in total. The van der Waals surface area contributed by atoms with Gasteiger partial charge in [-0.15, -0.1) is 12.4 Å². The zero-order valence-electron chi connectivity index (χ0n) is 16.6. The standard InChI is InChI=1S/C13H18O2.C6H15N5.ClH/c1-9(2)8-11-4-6-12(7-5-11)10(3)13(14)15;1-2-3-4-10-6(9)11-5(7)8;/h4-7,9-10H,8H2,1-3H3,(H,14,15);2-4H2,1H3,(H6,7,8,9,10,11);1H. The largest absolute Gasteiger partial charge is 0.481 e. The molecule has 0 saturated carbocycles. The molecule has 7 N–H and O–H groups in total. The molecule has 0 saturated heterocycles. The minimum atomic E-state index is -0.772. The van der Waals surface area contributed by atoms with Gasteiger partial charge in [0.05, 0.1) is 5.92 Å². The Morgan fingerprint density at radius 2 is 1.74 bits per heavy atom. The minimum Gasteiger partial charge on any atom is -0.481 e. The molecular formula is C19H34ClN5O2. The van der Waals surface area contributed by atoms with Crippen LogP contribution in [0.1, 0.15) is 57.6 Å². The van der Waals surface area contributed by atoms with Gasteiger partial charge in [0, 0.05) is 6.54 Å². The number of unbranched alkanes of at least 4 members (excludes halogenated alkanes) is 1. The van der Waals surface area contributed by atoms with Gasteiger partial charge in [0.15, 0.2) is 11.9 Å². The number of carboxylic acids is 1. The second-order valence-corrected chi connectivity index (χ2v) is 6.59. The number of nitrogens with one attached hydrogen (secondary N) is 4. The molecule has 8 heteroatoms. The number of nitrogens with two attached hydrogens (primary N) is 1. The SMILES string of the molecule is CC(C)Cc1ccc(C(C)C(=O)O)cc1.CCCCNC(=N)NC(=N)N.Cl. The lowest BCUT2D eigenvalue weighted by atomic mass is 9.97. The van der Waals surface area contributed by atoms with Crippen LogP contribution in [-0.2, 0) is 11.2 Å². The Bertz CT molecular complexity index is 576. The number of aliphatic carboxylic acids is 1. The summed E-state index contributed by atoms with van der Waals surface area (Å²) in [7, 11) is 0. The summed E-state index contributed by atoms with van der Waals surface area (Å²) < 4.78 is 0. The van der Waals surface area contributed by atoms with Crippen LogP contribution in [0.2, 0.25) is 0 Å². The Labute approximate surface area is 168 Å². The molecular weight excluding hydrogens is 366 g/mol. The van der Waals surface area contributed by atoms with E-state index in [1.54, 1.807) is 6.92 Å². The summed E-state index contributed by atoms with van der Waals surface area (Å²) >= 11 is 0.